The first-order valence-corrected chi connectivity index (χ1v) is 9.09. The van der Waals surface area contributed by atoms with E-state index in [-0.39, 0.29) is 17.8 Å². The fourth-order valence-corrected chi connectivity index (χ4v) is 3.43. The minimum atomic E-state index is -0.250. The van der Waals surface area contributed by atoms with Crippen LogP contribution in [0.25, 0.3) is 5.69 Å². The average Bonchev–Trinajstić information content (AvgIpc) is 3.24. The van der Waals surface area contributed by atoms with Gasteiger partial charge in [-0.3, -0.25) is 4.79 Å². The number of anilines is 1. The highest BCUT2D eigenvalue weighted by atomic mass is 19.1. The van der Waals surface area contributed by atoms with Crippen molar-refractivity contribution in [1.29, 1.82) is 0 Å². The summed E-state index contributed by atoms with van der Waals surface area (Å²) in [5.41, 5.74) is 2.53. The van der Waals surface area contributed by atoms with E-state index in [1.807, 2.05) is 39.9 Å². The molecule has 4 rings (SSSR count). The molecule has 0 aliphatic carbocycles. The quantitative estimate of drug-likeness (QED) is 0.767. The number of hydrogen-bond acceptors (Lipinski definition) is 3. The summed E-state index contributed by atoms with van der Waals surface area (Å²) in [6.07, 6.45) is 7.25. The Kier molecular flexibility index (Phi) is 4.87. The Morgan fingerprint density at radius 2 is 1.89 bits per heavy atom. The van der Waals surface area contributed by atoms with Crippen molar-refractivity contribution in [3.05, 3.63) is 78.6 Å². The summed E-state index contributed by atoms with van der Waals surface area (Å²) in [5.74, 6) is -0.210. The Morgan fingerprint density at radius 3 is 2.59 bits per heavy atom. The number of aromatic nitrogens is 2. The Morgan fingerprint density at radius 1 is 1.11 bits per heavy atom. The number of likely N-dealkylation sites (tertiary alicyclic amines) is 1. The maximum Gasteiger partial charge on any atom is 0.253 e. The molecule has 2 aromatic carbocycles. The lowest BCUT2D eigenvalue weighted by molar-refractivity contribution is 0.0715. The van der Waals surface area contributed by atoms with Crippen LogP contribution in [0.1, 0.15) is 23.2 Å². The fraction of sp³-hybridized carbons (Fsp3) is 0.238. The molecule has 0 saturated carbocycles. The molecule has 1 aliphatic heterocycles. The summed E-state index contributed by atoms with van der Waals surface area (Å²) < 4.78 is 15.0. The van der Waals surface area contributed by atoms with E-state index in [1.165, 1.54) is 12.1 Å². The van der Waals surface area contributed by atoms with Crippen molar-refractivity contribution in [1.82, 2.24) is 14.5 Å². The molecule has 1 aliphatic rings. The molecule has 1 saturated heterocycles. The minimum Gasteiger partial charge on any atom is -0.381 e. The van der Waals surface area contributed by atoms with Crippen molar-refractivity contribution < 1.29 is 9.18 Å². The van der Waals surface area contributed by atoms with E-state index in [4.69, 9.17) is 0 Å². The maximum absolute atomic E-state index is 13.1. The van der Waals surface area contributed by atoms with Gasteiger partial charge in [0.2, 0.25) is 0 Å². The third-order valence-electron chi connectivity index (χ3n) is 4.84. The lowest BCUT2D eigenvalue weighted by atomic mass is 10.0. The van der Waals surface area contributed by atoms with Crippen molar-refractivity contribution in [3.8, 4) is 5.69 Å². The Balaban J connectivity index is 1.41. The summed E-state index contributed by atoms with van der Waals surface area (Å²) in [7, 11) is 0. The first-order valence-electron chi connectivity index (χ1n) is 9.09. The molecule has 1 unspecified atom stereocenters. The van der Waals surface area contributed by atoms with E-state index in [9.17, 15) is 9.18 Å². The normalized spacial score (nSPS) is 16.9. The number of piperidine rings is 1. The summed E-state index contributed by atoms with van der Waals surface area (Å²) >= 11 is 0. The number of carbonyl (C=O) groups excluding carboxylic acids is 1. The third-order valence-corrected chi connectivity index (χ3v) is 4.84. The average molecular weight is 364 g/mol. The van der Waals surface area contributed by atoms with Crippen LogP contribution in [0.2, 0.25) is 0 Å². The molecular weight excluding hydrogens is 343 g/mol. The van der Waals surface area contributed by atoms with Crippen LogP contribution in [-0.4, -0.2) is 39.5 Å². The topological polar surface area (TPSA) is 50.2 Å². The number of rotatable bonds is 4. The summed E-state index contributed by atoms with van der Waals surface area (Å²) in [4.78, 5) is 18.8. The third kappa shape index (κ3) is 4.00. The predicted molar refractivity (Wildman–Crippen MR) is 103 cm³/mol. The van der Waals surface area contributed by atoms with Crippen LogP contribution in [0.15, 0.2) is 67.3 Å². The Bertz CT molecular complexity index is 891. The molecule has 1 aromatic heterocycles. The Labute approximate surface area is 157 Å². The molecule has 1 N–H and O–H groups in total. The molecule has 0 spiro atoms. The van der Waals surface area contributed by atoms with Crippen LogP contribution >= 0.6 is 0 Å². The van der Waals surface area contributed by atoms with Gasteiger partial charge in [-0.05, 0) is 61.4 Å². The van der Waals surface area contributed by atoms with Crippen LogP contribution in [0.4, 0.5) is 10.1 Å². The summed E-state index contributed by atoms with van der Waals surface area (Å²) in [6, 6.07) is 14.1. The number of benzene rings is 2. The lowest BCUT2D eigenvalue weighted by Gasteiger charge is -2.33. The second-order valence-corrected chi connectivity index (χ2v) is 6.76. The van der Waals surface area contributed by atoms with Gasteiger partial charge < -0.3 is 14.8 Å². The molecule has 27 heavy (non-hydrogen) atoms. The van der Waals surface area contributed by atoms with Gasteiger partial charge in [0.25, 0.3) is 5.91 Å². The molecule has 2 heterocycles. The van der Waals surface area contributed by atoms with Crippen molar-refractivity contribution >= 4 is 11.6 Å². The van der Waals surface area contributed by atoms with Crippen LogP contribution in [-0.2, 0) is 0 Å². The molecule has 138 valence electrons. The van der Waals surface area contributed by atoms with Gasteiger partial charge >= 0.3 is 0 Å². The zero-order valence-corrected chi connectivity index (χ0v) is 14.9. The number of nitrogens with zero attached hydrogens (tertiary/aromatic N) is 3. The van der Waals surface area contributed by atoms with E-state index < -0.39 is 0 Å². The van der Waals surface area contributed by atoms with Gasteiger partial charge in [-0.15, -0.1) is 0 Å². The predicted octanol–water partition coefficient (Wildman–Crippen LogP) is 3.73. The standard InChI is InChI=1S/C21H21FN4O/c22-17-5-7-18(8-6-17)24-19-2-1-12-25(14-19)21(27)16-3-9-20(10-4-16)26-13-11-23-15-26/h3-11,13,15,19,24H,1-2,12,14H2. The molecule has 6 heteroatoms. The van der Waals surface area contributed by atoms with Gasteiger partial charge in [-0.25, -0.2) is 9.37 Å². The van der Waals surface area contributed by atoms with Gasteiger partial charge in [0.15, 0.2) is 0 Å². The fourth-order valence-electron chi connectivity index (χ4n) is 3.43. The van der Waals surface area contributed by atoms with Crippen LogP contribution in [0.3, 0.4) is 0 Å². The zero-order valence-electron chi connectivity index (χ0n) is 14.9. The van der Waals surface area contributed by atoms with Crippen molar-refractivity contribution in [3.63, 3.8) is 0 Å². The molecule has 1 amide bonds. The van der Waals surface area contributed by atoms with Crippen LogP contribution in [0.5, 0.6) is 0 Å². The maximum atomic E-state index is 13.1. The second-order valence-electron chi connectivity index (χ2n) is 6.76. The van der Waals surface area contributed by atoms with Crippen molar-refractivity contribution in [2.45, 2.75) is 18.9 Å². The highest BCUT2D eigenvalue weighted by Crippen LogP contribution is 2.19. The lowest BCUT2D eigenvalue weighted by Crippen LogP contribution is -2.45. The first-order chi connectivity index (χ1) is 13.2. The minimum absolute atomic E-state index is 0.0396. The largest absolute Gasteiger partial charge is 0.381 e. The van der Waals surface area contributed by atoms with E-state index in [0.29, 0.717) is 12.1 Å². The molecular formula is C21H21FN4O. The highest BCUT2D eigenvalue weighted by Gasteiger charge is 2.24. The molecule has 1 atom stereocenters. The van der Waals surface area contributed by atoms with Gasteiger partial charge in [0.1, 0.15) is 5.82 Å². The van der Waals surface area contributed by atoms with E-state index in [1.54, 1.807) is 24.7 Å². The monoisotopic (exact) mass is 364 g/mol. The van der Waals surface area contributed by atoms with Crippen molar-refractivity contribution in [2.75, 3.05) is 18.4 Å². The SMILES string of the molecule is O=C(c1ccc(-n2ccnc2)cc1)N1CCCC(Nc2ccc(F)cc2)C1. The van der Waals surface area contributed by atoms with Gasteiger partial charge in [-0.1, -0.05) is 0 Å². The number of halogens is 1. The molecule has 3 aromatic rings. The number of imidazole rings is 1. The first kappa shape index (κ1) is 17.3. The number of hydrogen-bond donors (Lipinski definition) is 1. The van der Waals surface area contributed by atoms with E-state index in [2.05, 4.69) is 10.3 Å². The number of carbonyl (C=O) groups is 1. The summed E-state index contributed by atoms with van der Waals surface area (Å²) in [5, 5.41) is 3.40. The molecule has 1 fully saturated rings. The smallest absolute Gasteiger partial charge is 0.253 e. The van der Waals surface area contributed by atoms with E-state index >= 15 is 0 Å². The number of amides is 1. The van der Waals surface area contributed by atoms with Crippen molar-refractivity contribution in [2.24, 2.45) is 0 Å². The zero-order chi connectivity index (χ0) is 18.6. The van der Waals surface area contributed by atoms with Gasteiger partial charge in [0, 0.05) is 48.5 Å². The van der Waals surface area contributed by atoms with Gasteiger partial charge in [-0.2, -0.15) is 0 Å². The van der Waals surface area contributed by atoms with Gasteiger partial charge in [0.05, 0.1) is 6.33 Å². The van der Waals surface area contributed by atoms with E-state index in [0.717, 1.165) is 30.8 Å². The highest BCUT2D eigenvalue weighted by molar-refractivity contribution is 5.94. The second kappa shape index (κ2) is 7.61. The number of nitrogens with one attached hydrogen (secondary N) is 1. The molecule has 0 radical (unpaired) electrons. The molecule has 5 nitrogen and oxygen atoms in total. The Hall–Kier alpha value is -3.15. The van der Waals surface area contributed by atoms with Crippen LogP contribution < -0.4 is 5.32 Å². The molecule has 0 bridgehead atoms. The summed E-state index contributed by atoms with van der Waals surface area (Å²) in [6.45, 7) is 1.39. The van der Waals surface area contributed by atoms with Crippen LogP contribution in [0, 0.1) is 5.82 Å².